The summed E-state index contributed by atoms with van der Waals surface area (Å²) in [6.07, 6.45) is 1.43. The van der Waals surface area contributed by atoms with E-state index in [-0.39, 0.29) is 12.4 Å². The first kappa shape index (κ1) is 16.8. The van der Waals surface area contributed by atoms with Crippen LogP contribution in [0.1, 0.15) is 5.56 Å². The summed E-state index contributed by atoms with van der Waals surface area (Å²) < 4.78 is 16.2. The van der Waals surface area contributed by atoms with E-state index in [1.807, 2.05) is 0 Å². The third kappa shape index (κ3) is 3.58. The molecule has 2 aromatic heterocycles. The second-order valence-corrected chi connectivity index (χ2v) is 5.57. The maximum atomic E-state index is 12.2. The zero-order valence-electron chi connectivity index (χ0n) is 13.4. The largest absolute Gasteiger partial charge is 0.495 e. The van der Waals surface area contributed by atoms with Crippen molar-refractivity contribution < 1.29 is 18.4 Å². The molecule has 130 valence electrons. The number of benzene rings is 1. The number of carbonyl (C=O) groups is 1. The summed E-state index contributed by atoms with van der Waals surface area (Å²) in [6, 6.07) is 6.51. The number of nitrogens with zero attached hydrogens (tertiary/aromatic N) is 2. The Balaban J connectivity index is 1.78. The van der Waals surface area contributed by atoms with Crippen LogP contribution in [0.3, 0.4) is 0 Å². The Kier molecular flexibility index (Phi) is 4.62. The number of nitrogens with one attached hydrogen (secondary N) is 1. The standard InChI is InChI=1S/C16H14ClN3O5/c1-9-6-11(13(23-2)7-10(9)17)18-14(21)8-20-16(22)25-15(19-20)12-4-3-5-24-12/h3-7H,8H2,1-2H3,(H,18,21). The highest BCUT2D eigenvalue weighted by Crippen LogP contribution is 2.30. The highest BCUT2D eigenvalue weighted by Gasteiger charge is 2.16. The van der Waals surface area contributed by atoms with Gasteiger partial charge < -0.3 is 18.9 Å². The van der Waals surface area contributed by atoms with Crippen molar-refractivity contribution in [2.75, 3.05) is 12.4 Å². The van der Waals surface area contributed by atoms with Crippen molar-refractivity contribution in [3.63, 3.8) is 0 Å². The summed E-state index contributed by atoms with van der Waals surface area (Å²) in [5.74, 6) is -0.524. The maximum absolute atomic E-state index is 12.2. The molecule has 2 heterocycles. The Labute approximate surface area is 147 Å². The number of carbonyl (C=O) groups excluding carboxylic acids is 1. The number of rotatable bonds is 5. The molecule has 0 saturated carbocycles. The van der Waals surface area contributed by atoms with Crippen LogP contribution in [-0.2, 0) is 11.3 Å². The predicted octanol–water partition coefficient (Wildman–Crippen LogP) is 2.71. The molecule has 0 aliphatic rings. The van der Waals surface area contributed by atoms with Crippen LogP contribution in [0.4, 0.5) is 5.69 Å². The van der Waals surface area contributed by atoms with Crippen LogP contribution >= 0.6 is 11.6 Å². The lowest BCUT2D eigenvalue weighted by molar-refractivity contribution is -0.117. The number of furan rings is 1. The molecule has 1 amide bonds. The SMILES string of the molecule is COc1cc(Cl)c(C)cc1NC(=O)Cn1nc(-c2ccco2)oc1=O. The summed E-state index contributed by atoms with van der Waals surface area (Å²) in [5.41, 5.74) is 1.22. The number of hydrogen-bond donors (Lipinski definition) is 1. The minimum atomic E-state index is -0.763. The normalized spacial score (nSPS) is 10.7. The van der Waals surface area contributed by atoms with E-state index >= 15 is 0 Å². The first-order valence-corrected chi connectivity index (χ1v) is 7.61. The van der Waals surface area contributed by atoms with E-state index in [9.17, 15) is 9.59 Å². The number of hydrogen-bond acceptors (Lipinski definition) is 6. The molecule has 8 nitrogen and oxygen atoms in total. The molecule has 0 spiro atoms. The third-order valence-corrected chi connectivity index (χ3v) is 3.79. The molecule has 0 bridgehead atoms. The number of methoxy groups -OCH3 is 1. The molecule has 1 N–H and O–H groups in total. The van der Waals surface area contributed by atoms with Crippen LogP contribution in [0.15, 0.2) is 44.2 Å². The van der Waals surface area contributed by atoms with E-state index in [1.54, 1.807) is 31.2 Å². The van der Waals surface area contributed by atoms with E-state index in [1.165, 1.54) is 13.4 Å². The number of ether oxygens (including phenoxy) is 1. The topological polar surface area (TPSA) is 99.5 Å². The van der Waals surface area contributed by atoms with Gasteiger partial charge in [-0.1, -0.05) is 11.6 Å². The van der Waals surface area contributed by atoms with Crippen LogP contribution in [0.25, 0.3) is 11.7 Å². The van der Waals surface area contributed by atoms with E-state index in [0.717, 1.165) is 10.2 Å². The Bertz CT molecular complexity index is 959. The van der Waals surface area contributed by atoms with Gasteiger partial charge in [0, 0.05) is 11.1 Å². The van der Waals surface area contributed by atoms with Gasteiger partial charge in [0.05, 0.1) is 19.1 Å². The first-order chi connectivity index (χ1) is 12.0. The molecule has 0 aliphatic carbocycles. The summed E-state index contributed by atoms with van der Waals surface area (Å²) in [7, 11) is 1.47. The van der Waals surface area contributed by atoms with E-state index < -0.39 is 11.7 Å². The smallest absolute Gasteiger partial charge is 0.437 e. The number of aromatic nitrogens is 2. The van der Waals surface area contributed by atoms with Gasteiger partial charge in [0.15, 0.2) is 5.76 Å². The molecule has 3 aromatic rings. The molecule has 0 atom stereocenters. The Morgan fingerprint density at radius 3 is 2.92 bits per heavy atom. The molecular weight excluding hydrogens is 350 g/mol. The lowest BCUT2D eigenvalue weighted by atomic mass is 10.2. The molecule has 0 fully saturated rings. The Morgan fingerprint density at radius 2 is 2.24 bits per heavy atom. The van der Waals surface area contributed by atoms with Gasteiger partial charge >= 0.3 is 5.76 Å². The molecule has 0 saturated heterocycles. The third-order valence-electron chi connectivity index (χ3n) is 3.39. The molecule has 0 aliphatic heterocycles. The summed E-state index contributed by atoms with van der Waals surface area (Å²) in [5, 5.41) is 7.12. The van der Waals surface area contributed by atoms with Gasteiger partial charge in [0.1, 0.15) is 12.3 Å². The summed E-state index contributed by atoms with van der Waals surface area (Å²) in [6.45, 7) is 1.48. The van der Waals surface area contributed by atoms with Gasteiger partial charge in [-0.25, -0.2) is 4.79 Å². The number of anilines is 1. The minimum absolute atomic E-state index is 0.00252. The van der Waals surface area contributed by atoms with Crippen molar-refractivity contribution in [1.29, 1.82) is 0 Å². The number of halogens is 1. The molecule has 25 heavy (non-hydrogen) atoms. The average Bonchev–Trinajstić information content (AvgIpc) is 3.21. The number of amides is 1. The van der Waals surface area contributed by atoms with E-state index in [2.05, 4.69) is 10.4 Å². The van der Waals surface area contributed by atoms with Crippen LogP contribution in [0, 0.1) is 6.92 Å². The van der Waals surface area contributed by atoms with Crippen molar-refractivity contribution in [3.8, 4) is 17.4 Å². The monoisotopic (exact) mass is 363 g/mol. The van der Waals surface area contributed by atoms with Crippen LogP contribution in [0.2, 0.25) is 5.02 Å². The minimum Gasteiger partial charge on any atom is -0.495 e. The van der Waals surface area contributed by atoms with Crippen molar-refractivity contribution in [3.05, 3.63) is 51.7 Å². The van der Waals surface area contributed by atoms with Gasteiger partial charge in [-0.15, -0.1) is 5.10 Å². The second-order valence-electron chi connectivity index (χ2n) is 5.16. The van der Waals surface area contributed by atoms with Crippen molar-refractivity contribution in [1.82, 2.24) is 9.78 Å². The van der Waals surface area contributed by atoms with E-state index in [0.29, 0.717) is 22.2 Å². The summed E-state index contributed by atoms with van der Waals surface area (Å²) >= 11 is 6.03. The predicted molar refractivity (Wildman–Crippen MR) is 89.8 cm³/mol. The Hall–Kier alpha value is -3.00. The fraction of sp³-hybridized carbons (Fsp3) is 0.188. The lowest BCUT2D eigenvalue weighted by Crippen LogP contribution is -2.26. The molecule has 9 heteroatoms. The molecule has 1 aromatic carbocycles. The fourth-order valence-corrected chi connectivity index (χ4v) is 2.32. The maximum Gasteiger partial charge on any atom is 0.437 e. The van der Waals surface area contributed by atoms with Crippen molar-refractivity contribution in [2.45, 2.75) is 13.5 Å². The molecule has 3 rings (SSSR count). The highest BCUT2D eigenvalue weighted by molar-refractivity contribution is 6.31. The molecule has 0 unspecified atom stereocenters. The summed E-state index contributed by atoms with van der Waals surface area (Å²) in [4.78, 5) is 24.0. The van der Waals surface area contributed by atoms with Gasteiger partial charge in [-0.2, -0.15) is 4.68 Å². The van der Waals surface area contributed by atoms with Crippen LogP contribution in [-0.4, -0.2) is 22.8 Å². The zero-order chi connectivity index (χ0) is 18.0. The highest BCUT2D eigenvalue weighted by atomic mass is 35.5. The van der Waals surface area contributed by atoms with Crippen molar-refractivity contribution in [2.24, 2.45) is 0 Å². The lowest BCUT2D eigenvalue weighted by Gasteiger charge is -2.12. The van der Waals surface area contributed by atoms with Crippen LogP contribution < -0.4 is 15.8 Å². The quantitative estimate of drug-likeness (QED) is 0.748. The fourth-order valence-electron chi connectivity index (χ4n) is 2.16. The van der Waals surface area contributed by atoms with Crippen LogP contribution in [0.5, 0.6) is 5.75 Å². The van der Waals surface area contributed by atoms with Gasteiger partial charge in [-0.3, -0.25) is 4.79 Å². The zero-order valence-corrected chi connectivity index (χ0v) is 14.2. The van der Waals surface area contributed by atoms with Gasteiger partial charge in [0.25, 0.3) is 5.89 Å². The van der Waals surface area contributed by atoms with Crippen molar-refractivity contribution >= 4 is 23.2 Å². The van der Waals surface area contributed by atoms with Gasteiger partial charge in [-0.05, 0) is 30.7 Å². The number of aryl methyl sites for hydroxylation is 1. The molecular formula is C16H14ClN3O5. The Morgan fingerprint density at radius 1 is 1.44 bits per heavy atom. The van der Waals surface area contributed by atoms with E-state index in [4.69, 9.17) is 25.2 Å². The first-order valence-electron chi connectivity index (χ1n) is 7.23. The average molecular weight is 364 g/mol. The molecule has 0 radical (unpaired) electrons. The second kappa shape index (κ2) is 6.86. The van der Waals surface area contributed by atoms with Gasteiger partial charge in [0.2, 0.25) is 5.91 Å².